The van der Waals surface area contributed by atoms with Crippen LogP contribution in [0.4, 0.5) is 0 Å². The first-order valence-electron chi connectivity index (χ1n) is 7.45. The Balaban J connectivity index is 1.57. The van der Waals surface area contributed by atoms with Crippen molar-refractivity contribution in [3.05, 3.63) is 0 Å². The van der Waals surface area contributed by atoms with E-state index in [-0.39, 0.29) is 0 Å². The predicted molar refractivity (Wildman–Crippen MR) is 70.6 cm³/mol. The van der Waals surface area contributed by atoms with Crippen LogP contribution in [0.5, 0.6) is 0 Å². The summed E-state index contributed by atoms with van der Waals surface area (Å²) in [7, 11) is 0. The highest BCUT2D eigenvalue weighted by atomic mass is 16.5. The van der Waals surface area contributed by atoms with Crippen LogP contribution in [0.3, 0.4) is 0 Å². The summed E-state index contributed by atoms with van der Waals surface area (Å²) >= 11 is 0. The van der Waals surface area contributed by atoms with Gasteiger partial charge in [-0.15, -0.1) is 0 Å². The summed E-state index contributed by atoms with van der Waals surface area (Å²) in [5, 5.41) is 10.4. The number of ether oxygens (including phenoxy) is 1. The largest absolute Gasteiger partial charge is 0.389 e. The van der Waals surface area contributed by atoms with E-state index < -0.39 is 5.60 Å². The summed E-state index contributed by atoms with van der Waals surface area (Å²) in [6.07, 6.45) is 4.57. The Morgan fingerprint density at radius 3 is 2.56 bits per heavy atom. The van der Waals surface area contributed by atoms with Gasteiger partial charge in [0.2, 0.25) is 0 Å². The van der Waals surface area contributed by atoms with Crippen LogP contribution in [0.25, 0.3) is 0 Å². The van der Waals surface area contributed by atoms with E-state index in [1.54, 1.807) is 0 Å². The van der Waals surface area contributed by atoms with Crippen molar-refractivity contribution in [1.82, 2.24) is 9.80 Å². The minimum absolute atomic E-state index is 0.392. The maximum atomic E-state index is 10.4. The number of rotatable bonds is 2. The lowest BCUT2D eigenvalue weighted by Gasteiger charge is -2.36. The number of aliphatic hydroxyl groups is 1. The van der Waals surface area contributed by atoms with E-state index >= 15 is 0 Å². The molecule has 1 N–H and O–H groups in total. The van der Waals surface area contributed by atoms with Crippen LogP contribution in [0.15, 0.2) is 0 Å². The lowest BCUT2D eigenvalue weighted by atomic mass is 9.99. The molecule has 0 aromatic heterocycles. The molecule has 4 nitrogen and oxygen atoms in total. The Bertz CT molecular complexity index is 290. The van der Waals surface area contributed by atoms with Crippen LogP contribution in [-0.4, -0.2) is 72.0 Å². The summed E-state index contributed by atoms with van der Waals surface area (Å²) in [5.41, 5.74) is -0.458. The number of nitrogens with zero attached hydrogens (tertiary/aromatic N) is 2. The fraction of sp³-hybridized carbons (Fsp3) is 1.00. The number of hydrogen-bond donors (Lipinski definition) is 1. The highest BCUT2D eigenvalue weighted by molar-refractivity contribution is 4.99. The highest BCUT2D eigenvalue weighted by Gasteiger charge is 2.43. The molecule has 1 aliphatic carbocycles. The minimum atomic E-state index is -0.458. The van der Waals surface area contributed by atoms with Crippen molar-refractivity contribution < 1.29 is 9.84 Å². The molecular formula is C14H26N2O2. The van der Waals surface area contributed by atoms with Crippen LogP contribution in [0, 0.1) is 0 Å². The first-order chi connectivity index (χ1) is 8.67. The van der Waals surface area contributed by atoms with Gasteiger partial charge in [-0.25, -0.2) is 0 Å². The van der Waals surface area contributed by atoms with Gasteiger partial charge < -0.3 is 9.84 Å². The lowest BCUT2D eigenvalue weighted by Crippen LogP contribution is -2.49. The Labute approximate surface area is 110 Å². The smallest absolute Gasteiger partial charge is 0.0774 e. The van der Waals surface area contributed by atoms with E-state index in [1.165, 1.54) is 19.3 Å². The lowest BCUT2D eigenvalue weighted by molar-refractivity contribution is -0.0125. The van der Waals surface area contributed by atoms with Gasteiger partial charge in [0.25, 0.3) is 0 Å². The van der Waals surface area contributed by atoms with E-state index in [0.29, 0.717) is 12.1 Å². The monoisotopic (exact) mass is 254 g/mol. The van der Waals surface area contributed by atoms with Crippen LogP contribution in [0.1, 0.15) is 32.6 Å². The highest BCUT2D eigenvalue weighted by Crippen LogP contribution is 2.35. The Morgan fingerprint density at radius 1 is 1.11 bits per heavy atom. The number of likely N-dealkylation sites (tertiary alicyclic amines) is 1. The van der Waals surface area contributed by atoms with Crippen molar-refractivity contribution in [1.29, 1.82) is 0 Å². The van der Waals surface area contributed by atoms with Crippen LogP contribution in [-0.2, 0) is 4.74 Å². The second-order valence-electron chi connectivity index (χ2n) is 6.35. The summed E-state index contributed by atoms with van der Waals surface area (Å²) in [6.45, 7) is 8.25. The van der Waals surface area contributed by atoms with Gasteiger partial charge in [-0.2, -0.15) is 0 Å². The second-order valence-corrected chi connectivity index (χ2v) is 6.35. The van der Waals surface area contributed by atoms with Gasteiger partial charge in [-0.05, 0) is 32.6 Å². The normalized spacial score (nSPS) is 43.7. The van der Waals surface area contributed by atoms with Crippen molar-refractivity contribution in [2.75, 3.05) is 39.4 Å². The molecule has 18 heavy (non-hydrogen) atoms. The Morgan fingerprint density at radius 2 is 1.89 bits per heavy atom. The molecule has 2 saturated heterocycles. The van der Waals surface area contributed by atoms with Crippen molar-refractivity contribution in [2.24, 2.45) is 0 Å². The minimum Gasteiger partial charge on any atom is -0.389 e. The molecule has 1 saturated carbocycles. The first kappa shape index (κ1) is 12.9. The molecule has 4 heteroatoms. The van der Waals surface area contributed by atoms with Gasteiger partial charge in [0.1, 0.15) is 0 Å². The van der Waals surface area contributed by atoms with E-state index in [0.717, 1.165) is 45.8 Å². The molecule has 3 aliphatic rings. The zero-order chi connectivity index (χ0) is 12.6. The molecule has 104 valence electrons. The second kappa shape index (κ2) is 5.08. The molecule has 2 aliphatic heterocycles. The fourth-order valence-corrected chi connectivity index (χ4v) is 4.00. The summed E-state index contributed by atoms with van der Waals surface area (Å²) in [6, 6.07) is 1.08. The van der Waals surface area contributed by atoms with Crippen molar-refractivity contribution in [3.63, 3.8) is 0 Å². The summed E-state index contributed by atoms with van der Waals surface area (Å²) in [5.74, 6) is 0. The van der Waals surface area contributed by atoms with Gasteiger partial charge in [0.05, 0.1) is 18.8 Å². The average Bonchev–Trinajstić information content (AvgIpc) is 2.96. The maximum Gasteiger partial charge on any atom is 0.0774 e. The fourth-order valence-electron chi connectivity index (χ4n) is 4.00. The molecule has 3 rings (SSSR count). The standard InChI is InChI=1S/C14H26N2O2/c1-14(17)5-2-3-13(14)16-6-4-12(11-16)15-7-9-18-10-8-15/h12-13,17H,2-11H2,1H3. The molecule has 3 unspecified atom stereocenters. The van der Waals surface area contributed by atoms with Gasteiger partial charge in [0, 0.05) is 38.3 Å². The zero-order valence-corrected chi connectivity index (χ0v) is 11.5. The van der Waals surface area contributed by atoms with Crippen LogP contribution < -0.4 is 0 Å². The van der Waals surface area contributed by atoms with Gasteiger partial charge in [-0.3, -0.25) is 9.80 Å². The Hall–Kier alpha value is -0.160. The quantitative estimate of drug-likeness (QED) is 0.787. The molecule has 0 aromatic carbocycles. The van der Waals surface area contributed by atoms with Gasteiger partial charge >= 0.3 is 0 Å². The molecule has 0 spiro atoms. The summed E-state index contributed by atoms with van der Waals surface area (Å²) < 4.78 is 5.42. The molecule has 0 bridgehead atoms. The third-order valence-electron chi connectivity index (χ3n) is 5.08. The van der Waals surface area contributed by atoms with E-state index in [1.807, 2.05) is 6.92 Å². The molecule has 0 radical (unpaired) electrons. The number of hydrogen-bond acceptors (Lipinski definition) is 4. The van der Waals surface area contributed by atoms with Crippen LogP contribution >= 0.6 is 0 Å². The van der Waals surface area contributed by atoms with E-state index in [4.69, 9.17) is 4.74 Å². The van der Waals surface area contributed by atoms with Crippen molar-refractivity contribution >= 4 is 0 Å². The van der Waals surface area contributed by atoms with Gasteiger partial charge in [-0.1, -0.05) is 0 Å². The third-order valence-corrected chi connectivity index (χ3v) is 5.08. The molecule has 0 aromatic rings. The SMILES string of the molecule is CC1(O)CCCC1N1CCC(N2CCOCC2)C1. The molecule has 0 amide bonds. The Kier molecular flexibility index (Phi) is 3.63. The van der Waals surface area contributed by atoms with Crippen LogP contribution in [0.2, 0.25) is 0 Å². The zero-order valence-electron chi connectivity index (χ0n) is 11.5. The third kappa shape index (κ3) is 2.44. The molecular weight excluding hydrogens is 228 g/mol. The molecule has 3 atom stereocenters. The van der Waals surface area contributed by atoms with Gasteiger partial charge in [0.15, 0.2) is 0 Å². The molecule has 3 fully saturated rings. The molecule has 2 heterocycles. The first-order valence-corrected chi connectivity index (χ1v) is 7.45. The number of morpholine rings is 1. The van der Waals surface area contributed by atoms with Crippen molar-refractivity contribution in [3.8, 4) is 0 Å². The predicted octanol–water partition coefficient (Wildman–Crippen LogP) is 0.696. The maximum absolute atomic E-state index is 10.4. The van der Waals surface area contributed by atoms with Crippen molar-refractivity contribution in [2.45, 2.75) is 50.3 Å². The van der Waals surface area contributed by atoms with E-state index in [2.05, 4.69) is 9.80 Å². The summed E-state index contributed by atoms with van der Waals surface area (Å²) in [4.78, 5) is 5.11. The average molecular weight is 254 g/mol. The van der Waals surface area contributed by atoms with E-state index in [9.17, 15) is 5.11 Å². The topological polar surface area (TPSA) is 35.9 Å².